The summed E-state index contributed by atoms with van der Waals surface area (Å²) in [6.07, 6.45) is -1.07. The molecule has 14 heavy (non-hydrogen) atoms. The molecule has 78 valence electrons. The number of carbonyl (C=O) groups is 2. The molecular weight excluding hydrogens is 230 g/mol. The van der Waals surface area contributed by atoms with Crippen LogP contribution < -0.4 is 0 Å². The zero-order valence-electron chi connectivity index (χ0n) is 6.60. The van der Waals surface area contributed by atoms with Gasteiger partial charge in [0, 0.05) is 0 Å². The van der Waals surface area contributed by atoms with Crippen molar-refractivity contribution < 1.29 is 24.9 Å². The van der Waals surface area contributed by atoms with Crippen LogP contribution in [0.15, 0.2) is 0 Å². The Labute approximate surface area is 127 Å². The van der Waals surface area contributed by atoms with E-state index in [1.807, 2.05) is 0 Å². The number of carboxylic acid groups (broad SMARTS) is 2. The van der Waals surface area contributed by atoms with Gasteiger partial charge in [0.25, 0.3) is 0 Å². The molecule has 0 fully saturated rings. The second-order valence-corrected chi connectivity index (χ2v) is 2.32. The zero-order chi connectivity index (χ0) is 9.72. The summed E-state index contributed by atoms with van der Waals surface area (Å²) in [4.78, 5) is 21.2. The predicted octanol–water partition coefficient (Wildman–Crippen LogP) is -3.04. The SMILES string of the molecule is CC(O)N(CC(=O)O)CC(=O)O.[CaH2].[MgH2]. The van der Waals surface area contributed by atoms with Crippen molar-refractivity contribution in [3.05, 3.63) is 0 Å². The molecule has 0 bridgehead atoms. The summed E-state index contributed by atoms with van der Waals surface area (Å²) in [5, 5.41) is 25.5. The Balaban J connectivity index is -0.000000605. The average molecular weight is 246 g/mol. The van der Waals surface area contributed by atoms with Gasteiger partial charge in [0.2, 0.25) is 0 Å². The van der Waals surface area contributed by atoms with E-state index in [0.29, 0.717) is 0 Å². The number of rotatable bonds is 5. The molecule has 0 aromatic rings. The number of aliphatic hydroxyl groups is 1. The molecular formula is C6H15CaMgNO5. The van der Waals surface area contributed by atoms with Crippen molar-refractivity contribution in [3.8, 4) is 0 Å². The van der Waals surface area contributed by atoms with Gasteiger partial charge in [0.1, 0.15) is 6.23 Å². The molecule has 0 heterocycles. The Morgan fingerprint density at radius 1 is 1.21 bits per heavy atom. The van der Waals surface area contributed by atoms with Crippen LogP contribution in [0.25, 0.3) is 0 Å². The van der Waals surface area contributed by atoms with Crippen LogP contribution >= 0.6 is 0 Å². The van der Waals surface area contributed by atoms with E-state index in [2.05, 4.69) is 0 Å². The van der Waals surface area contributed by atoms with Crippen molar-refractivity contribution in [3.63, 3.8) is 0 Å². The number of nitrogens with zero attached hydrogens (tertiary/aromatic N) is 1. The van der Waals surface area contributed by atoms with Gasteiger partial charge >= 0.3 is 72.7 Å². The van der Waals surface area contributed by atoms with Gasteiger partial charge < -0.3 is 15.3 Å². The maximum Gasteiger partial charge on any atom is 0.316 e. The molecule has 0 rings (SSSR count). The molecule has 0 aliphatic rings. The summed E-state index contributed by atoms with van der Waals surface area (Å²) in [5.41, 5.74) is 0. The molecule has 0 amide bonds. The van der Waals surface area contributed by atoms with Gasteiger partial charge in [-0.3, -0.25) is 14.5 Å². The summed E-state index contributed by atoms with van der Waals surface area (Å²) in [6, 6.07) is 0. The first-order chi connectivity index (χ1) is 5.43. The average Bonchev–Trinajstić information content (AvgIpc) is 1.83. The van der Waals surface area contributed by atoms with Crippen LogP contribution in [0.1, 0.15) is 6.92 Å². The van der Waals surface area contributed by atoms with E-state index in [1.54, 1.807) is 0 Å². The van der Waals surface area contributed by atoms with Crippen molar-refractivity contribution in [2.24, 2.45) is 0 Å². The summed E-state index contributed by atoms with van der Waals surface area (Å²) >= 11 is 0. The fourth-order valence-electron chi connectivity index (χ4n) is 0.668. The molecule has 0 aliphatic carbocycles. The quantitative estimate of drug-likeness (QED) is 0.352. The molecule has 3 N–H and O–H groups in total. The van der Waals surface area contributed by atoms with Crippen LogP contribution in [-0.4, -0.2) is 112 Å². The van der Waals surface area contributed by atoms with Crippen molar-refractivity contribution >= 4 is 72.7 Å². The van der Waals surface area contributed by atoms with Crippen LogP contribution in [0, 0.1) is 0 Å². The van der Waals surface area contributed by atoms with Crippen LogP contribution in [0.4, 0.5) is 0 Å². The smallest absolute Gasteiger partial charge is 0.316 e. The number of aliphatic hydroxyl groups excluding tert-OH is 1. The van der Waals surface area contributed by atoms with Crippen LogP contribution in [0.3, 0.4) is 0 Å². The standard InChI is InChI=1S/C6H11NO5.Ca.Mg.4H/c1-4(8)7(2-5(9)10)3-6(11)12;;;;;;/h4,8H,2-3H2,1H3,(H,9,10)(H,11,12);;;;;;. The second kappa shape index (κ2) is 10.4. The normalized spacial score (nSPS) is 11.1. The minimum atomic E-state index is -1.17. The van der Waals surface area contributed by atoms with E-state index in [-0.39, 0.29) is 60.8 Å². The molecule has 0 aliphatic heterocycles. The molecule has 1 unspecified atom stereocenters. The Bertz CT molecular complexity index is 173. The Hall–Kier alpha value is 0.886. The van der Waals surface area contributed by atoms with E-state index in [4.69, 9.17) is 15.3 Å². The molecule has 0 spiro atoms. The summed E-state index contributed by atoms with van der Waals surface area (Å²) in [6.45, 7) is 0.347. The third kappa shape index (κ3) is 11.0. The first-order valence-corrected chi connectivity index (χ1v) is 3.29. The van der Waals surface area contributed by atoms with Crippen molar-refractivity contribution in [1.29, 1.82) is 0 Å². The summed E-state index contributed by atoms with van der Waals surface area (Å²) in [5.74, 6) is -2.34. The predicted molar refractivity (Wildman–Crippen MR) is 55.6 cm³/mol. The Kier molecular flexibility index (Phi) is 15.1. The van der Waals surface area contributed by atoms with Crippen molar-refractivity contribution in [1.82, 2.24) is 4.90 Å². The van der Waals surface area contributed by atoms with E-state index >= 15 is 0 Å². The van der Waals surface area contributed by atoms with Gasteiger partial charge in [-0.1, -0.05) is 0 Å². The fraction of sp³-hybridized carbons (Fsp3) is 0.667. The molecule has 6 nitrogen and oxygen atoms in total. The van der Waals surface area contributed by atoms with Gasteiger partial charge in [0.15, 0.2) is 0 Å². The van der Waals surface area contributed by atoms with E-state index in [0.717, 1.165) is 4.90 Å². The Morgan fingerprint density at radius 2 is 1.50 bits per heavy atom. The topological polar surface area (TPSA) is 98.1 Å². The molecule has 0 saturated heterocycles. The molecule has 0 saturated carbocycles. The maximum atomic E-state index is 10.1. The van der Waals surface area contributed by atoms with Gasteiger partial charge in [-0.25, -0.2) is 0 Å². The minimum absolute atomic E-state index is 0. The molecule has 0 aromatic heterocycles. The first kappa shape index (κ1) is 20.3. The second-order valence-electron chi connectivity index (χ2n) is 2.32. The van der Waals surface area contributed by atoms with Crippen molar-refractivity contribution in [2.75, 3.05) is 13.1 Å². The number of aliphatic carboxylic acids is 2. The third-order valence-corrected chi connectivity index (χ3v) is 1.21. The molecule has 8 heteroatoms. The van der Waals surface area contributed by atoms with Crippen LogP contribution in [0.2, 0.25) is 0 Å². The Morgan fingerprint density at radius 3 is 1.64 bits per heavy atom. The molecule has 1 atom stereocenters. The number of hydrogen-bond donors (Lipinski definition) is 3. The molecule has 0 aromatic carbocycles. The van der Waals surface area contributed by atoms with Gasteiger partial charge in [0.05, 0.1) is 13.1 Å². The van der Waals surface area contributed by atoms with Crippen LogP contribution in [-0.2, 0) is 9.59 Å². The van der Waals surface area contributed by atoms with Gasteiger partial charge in [-0.15, -0.1) is 0 Å². The van der Waals surface area contributed by atoms with E-state index in [9.17, 15) is 9.59 Å². The number of hydrogen-bond acceptors (Lipinski definition) is 4. The van der Waals surface area contributed by atoms with E-state index in [1.165, 1.54) is 6.92 Å². The third-order valence-electron chi connectivity index (χ3n) is 1.21. The minimum Gasteiger partial charge on any atom is 0.316 e. The largest absolute Gasteiger partial charge is 0.316 e. The summed E-state index contributed by atoms with van der Waals surface area (Å²) < 4.78 is 0. The first-order valence-electron chi connectivity index (χ1n) is 3.29. The maximum absolute atomic E-state index is 10.1. The van der Waals surface area contributed by atoms with Gasteiger partial charge in [-0.2, -0.15) is 0 Å². The van der Waals surface area contributed by atoms with Crippen LogP contribution in [0.5, 0.6) is 0 Å². The fourth-order valence-corrected chi connectivity index (χ4v) is 0.668. The van der Waals surface area contributed by atoms with E-state index < -0.39 is 31.3 Å². The van der Waals surface area contributed by atoms with Gasteiger partial charge in [-0.05, 0) is 6.92 Å². The number of carboxylic acids is 2. The zero-order valence-corrected chi connectivity index (χ0v) is 6.60. The summed E-state index contributed by atoms with van der Waals surface area (Å²) in [7, 11) is 0. The molecule has 0 radical (unpaired) electrons. The van der Waals surface area contributed by atoms with Crippen molar-refractivity contribution in [2.45, 2.75) is 13.2 Å². The monoisotopic (exact) mass is 245 g/mol.